The van der Waals surface area contributed by atoms with Crippen LogP contribution in [0, 0.1) is 18.2 Å². The van der Waals surface area contributed by atoms with Gasteiger partial charge in [0, 0.05) is 0 Å². The maximum atomic E-state index is 13.7. The highest BCUT2D eigenvalue weighted by Crippen LogP contribution is 2.46. The van der Waals surface area contributed by atoms with Crippen LogP contribution in [0.4, 0.5) is 17.6 Å². The molecule has 0 amide bonds. The molecule has 2 unspecified atom stereocenters. The van der Waals surface area contributed by atoms with Crippen molar-refractivity contribution in [3.05, 3.63) is 29.1 Å². The van der Waals surface area contributed by atoms with Crippen molar-refractivity contribution in [1.29, 1.82) is 0 Å². The Bertz CT molecular complexity index is 567. The van der Waals surface area contributed by atoms with Crippen molar-refractivity contribution in [2.24, 2.45) is 5.41 Å². The molecule has 0 bridgehead atoms. The van der Waals surface area contributed by atoms with Crippen LogP contribution in [0.3, 0.4) is 0 Å². The second kappa shape index (κ2) is 4.36. The van der Waals surface area contributed by atoms with E-state index in [-0.39, 0.29) is 5.56 Å². The van der Waals surface area contributed by atoms with E-state index in [1.165, 1.54) is 6.07 Å². The first-order valence-corrected chi connectivity index (χ1v) is 5.81. The number of hydrogen-bond acceptors (Lipinski definition) is 2. The minimum absolute atomic E-state index is 0.132. The zero-order chi connectivity index (χ0) is 15.3. The van der Waals surface area contributed by atoms with Crippen LogP contribution in [-0.2, 0) is 11.2 Å². The quantitative estimate of drug-likeness (QED) is 0.809. The summed E-state index contributed by atoms with van der Waals surface area (Å²) in [5.41, 5.74) is -1.57. The zero-order valence-electron chi connectivity index (χ0n) is 10.7. The van der Waals surface area contributed by atoms with Crippen molar-refractivity contribution in [3.8, 4) is 5.75 Å². The van der Waals surface area contributed by atoms with E-state index >= 15 is 0 Å². The third kappa shape index (κ3) is 2.21. The highest BCUT2D eigenvalue weighted by molar-refractivity contribution is 5.76. The van der Waals surface area contributed by atoms with Crippen LogP contribution in [0.1, 0.15) is 18.1 Å². The second-order valence-corrected chi connectivity index (χ2v) is 5.17. The first kappa shape index (κ1) is 14.6. The number of aliphatic carboxylic acids is 1. The highest BCUT2D eigenvalue weighted by Gasteiger charge is 2.60. The molecule has 2 rings (SSSR count). The van der Waals surface area contributed by atoms with Gasteiger partial charge in [-0.2, -0.15) is 13.2 Å². The number of benzene rings is 1. The van der Waals surface area contributed by atoms with Gasteiger partial charge >= 0.3 is 12.1 Å². The van der Waals surface area contributed by atoms with E-state index < -0.39 is 41.7 Å². The van der Waals surface area contributed by atoms with Gasteiger partial charge in [0.2, 0.25) is 6.10 Å². The fourth-order valence-corrected chi connectivity index (χ4v) is 2.42. The van der Waals surface area contributed by atoms with Gasteiger partial charge in [0.25, 0.3) is 0 Å². The fourth-order valence-electron chi connectivity index (χ4n) is 2.42. The molecule has 1 aliphatic heterocycles. The van der Waals surface area contributed by atoms with Crippen molar-refractivity contribution in [2.75, 3.05) is 0 Å². The Morgan fingerprint density at radius 1 is 1.45 bits per heavy atom. The molecule has 110 valence electrons. The van der Waals surface area contributed by atoms with E-state index in [1.807, 2.05) is 0 Å². The highest BCUT2D eigenvalue weighted by atomic mass is 19.4. The SMILES string of the molecule is Cc1cc(F)c2c(c1)CC(C)(C(=O)O)C(C(F)(F)F)O2. The number of carboxylic acids is 1. The van der Waals surface area contributed by atoms with Crippen molar-refractivity contribution >= 4 is 5.97 Å². The molecule has 1 aliphatic rings. The molecular formula is C13H12F4O3. The summed E-state index contributed by atoms with van der Waals surface area (Å²) in [7, 11) is 0. The molecular weight excluding hydrogens is 280 g/mol. The average molecular weight is 292 g/mol. The van der Waals surface area contributed by atoms with Gasteiger partial charge in [-0.15, -0.1) is 0 Å². The molecule has 3 nitrogen and oxygen atoms in total. The van der Waals surface area contributed by atoms with E-state index in [9.17, 15) is 22.4 Å². The second-order valence-electron chi connectivity index (χ2n) is 5.17. The Hall–Kier alpha value is -1.79. The zero-order valence-corrected chi connectivity index (χ0v) is 10.7. The smallest absolute Gasteiger partial charge is 0.426 e. The molecule has 20 heavy (non-hydrogen) atoms. The number of hydrogen-bond donors (Lipinski definition) is 1. The van der Waals surface area contributed by atoms with Crippen LogP contribution in [0.2, 0.25) is 0 Å². The molecule has 0 spiro atoms. The number of rotatable bonds is 1. The summed E-state index contributed by atoms with van der Waals surface area (Å²) in [6.45, 7) is 2.52. The molecule has 1 aromatic rings. The van der Waals surface area contributed by atoms with Gasteiger partial charge < -0.3 is 9.84 Å². The van der Waals surface area contributed by atoms with E-state index in [0.717, 1.165) is 13.0 Å². The molecule has 1 aromatic carbocycles. The molecule has 0 saturated carbocycles. The Kier molecular flexibility index (Phi) is 3.19. The number of ether oxygens (including phenoxy) is 1. The predicted octanol–water partition coefficient (Wildman–Crippen LogP) is 3.09. The molecule has 0 radical (unpaired) electrons. The van der Waals surface area contributed by atoms with E-state index in [4.69, 9.17) is 5.11 Å². The van der Waals surface area contributed by atoms with Crippen LogP contribution in [0.25, 0.3) is 0 Å². The van der Waals surface area contributed by atoms with Crippen LogP contribution in [0.5, 0.6) is 5.75 Å². The maximum Gasteiger partial charge on any atom is 0.426 e. The summed E-state index contributed by atoms with van der Waals surface area (Å²) in [4.78, 5) is 11.2. The lowest BCUT2D eigenvalue weighted by atomic mass is 9.75. The first-order chi connectivity index (χ1) is 9.05. The van der Waals surface area contributed by atoms with Crippen LogP contribution < -0.4 is 4.74 Å². The number of alkyl halides is 3. The lowest BCUT2D eigenvalue weighted by Gasteiger charge is -2.39. The van der Waals surface area contributed by atoms with Crippen LogP contribution in [0.15, 0.2) is 12.1 Å². The summed E-state index contributed by atoms with van der Waals surface area (Å²) in [6, 6.07) is 2.49. The molecule has 7 heteroatoms. The summed E-state index contributed by atoms with van der Waals surface area (Å²) < 4.78 is 57.4. The average Bonchev–Trinajstić information content (AvgIpc) is 2.25. The van der Waals surface area contributed by atoms with Gasteiger partial charge in [0.15, 0.2) is 11.6 Å². The lowest BCUT2D eigenvalue weighted by molar-refractivity contribution is -0.235. The molecule has 1 heterocycles. The van der Waals surface area contributed by atoms with Crippen LogP contribution in [-0.4, -0.2) is 23.4 Å². The third-order valence-electron chi connectivity index (χ3n) is 3.42. The van der Waals surface area contributed by atoms with Gasteiger partial charge in [-0.25, -0.2) is 4.39 Å². The number of carbonyl (C=O) groups is 1. The summed E-state index contributed by atoms with van der Waals surface area (Å²) >= 11 is 0. The van der Waals surface area contributed by atoms with E-state index in [0.29, 0.717) is 5.56 Å². The van der Waals surface area contributed by atoms with Crippen LogP contribution >= 0.6 is 0 Å². The lowest BCUT2D eigenvalue weighted by Crippen LogP contribution is -2.55. The first-order valence-electron chi connectivity index (χ1n) is 5.81. The number of aryl methyl sites for hydroxylation is 1. The Labute approximate surface area is 112 Å². The maximum absolute atomic E-state index is 13.7. The van der Waals surface area contributed by atoms with Crippen molar-refractivity contribution in [1.82, 2.24) is 0 Å². The monoisotopic (exact) mass is 292 g/mol. The molecule has 2 atom stereocenters. The third-order valence-corrected chi connectivity index (χ3v) is 3.42. The summed E-state index contributed by atoms with van der Waals surface area (Å²) in [6.07, 6.45) is -7.93. The standard InChI is InChI=1S/C13H12F4O3/c1-6-3-7-5-12(2,11(18)19)10(13(15,16)17)20-9(7)8(14)4-6/h3-4,10H,5H2,1-2H3,(H,18,19). The van der Waals surface area contributed by atoms with Crippen molar-refractivity contribution < 1.29 is 32.2 Å². The van der Waals surface area contributed by atoms with Gasteiger partial charge in [-0.3, -0.25) is 4.79 Å². The topological polar surface area (TPSA) is 46.5 Å². The number of fused-ring (bicyclic) bond motifs is 1. The van der Waals surface area contributed by atoms with Gasteiger partial charge in [-0.05, 0) is 37.5 Å². The van der Waals surface area contributed by atoms with Crippen molar-refractivity contribution in [2.45, 2.75) is 32.5 Å². The van der Waals surface area contributed by atoms with Gasteiger partial charge in [-0.1, -0.05) is 6.07 Å². The van der Waals surface area contributed by atoms with Gasteiger partial charge in [0.05, 0.1) is 0 Å². The molecule has 0 saturated heterocycles. The molecule has 0 aromatic heterocycles. The minimum atomic E-state index is -4.90. The Balaban J connectivity index is 2.59. The summed E-state index contributed by atoms with van der Waals surface area (Å²) in [5, 5.41) is 9.12. The number of halogens is 4. The molecule has 0 aliphatic carbocycles. The minimum Gasteiger partial charge on any atom is -0.481 e. The predicted molar refractivity (Wildman–Crippen MR) is 61.1 cm³/mol. The number of carboxylic acid groups (broad SMARTS) is 1. The van der Waals surface area contributed by atoms with Gasteiger partial charge in [0.1, 0.15) is 5.41 Å². The molecule has 0 fully saturated rings. The van der Waals surface area contributed by atoms with E-state index in [1.54, 1.807) is 6.92 Å². The molecule has 1 N–H and O–H groups in total. The normalized spacial score (nSPS) is 25.8. The fraction of sp³-hybridized carbons (Fsp3) is 0.462. The Morgan fingerprint density at radius 2 is 2.05 bits per heavy atom. The Morgan fingerprint density at radius 3 is 2.55 bits per heavy atom. The van der Waals surface area contributed by atoms with Crippen molar-refractivity contribution in [3.63, 3.8) is 0 Å². The van der Waals surface area contributed by atoms with E-state index in [2.05, 4.69) is 4.74 Å². The largest absolute Gasteiger partial charge is 0.481 e. The summed E-state index contributed by atoms with van der Waals surface area (Å²) in [5.74, 6) is -3.06.